The molecular formula is C11H14ClN3. The highest BCUT2D eigenvalue weighted by Gasteiger charge is 1.97. The highest BCUT2D eigenvalue weighted by atomic mass is 35.5. The molecule has 4 heteroatoms. The number of anilines is 1. The molecule has 0 saturated carbocycles. The maximum absolute atomic E-state index is 5.80. The van der Waals surface area contributed by atoms with Crippen LogP contribution in [0.5, 0.6) is 0 Å². The molecule has 0 amide bonds. The van der Waals surface area contributed by atoms with Gasteiger partial charge in [-0.1, -0.05) is 30.4 Å². The van der Waals surface area contributed by atoms with Gasteiger partial charge in [0.15, 0.2) is 0 Å². The minimum Gasteiger partial charge on any atom is -0.382 e. The highest BCUT2D eigenvalue weighted by molar-refractivity contribution is 6.32. The number of pyridine rings is 1. The predicted molar refractivity (Wildman–Crippen MR) is 63.4 cm³/mol. The van der Waals surface area contributed by atoms with Crippen LogP contribution in [-0.2, 0) is 0 Å². The molecule has 80 valence electrons. The third-order valence-electron chi connectivity index (χ3n) is 1.99. The van der Waals surface area contributed by atoms with E-state index < -0.39 is 0 Å². The van der Waals surface area contributed by atoms with Crippen molar-refractivity contribution in [3.05, 3.63) is 22.8 Å². The molecule has 1 aromatic heterocycles. The van der Waals surface area contributed by atoms with Crippen LogP contribution in [-0.4, -0.2) is 11.0 Å². The van der Waals surface area contributed by atoms with Crippen LogP contribution >= 0.6 is 11.6 Å². The van der Waals surface area contributed by atoms with Crippen molar-refractivity contribution < 1.29 is 0 Å². The Morgan fingerprint density at radius 2 is 2.33 bits per heavy atom. The van der Waals surface area contributed by atoms with Gasteiger partial charge in [-0.25, -0.2) is 4.98 Å². The van der Waals surface area contributed by atoms with E-state index in [0.29, 0.717) is 17.3 Å². The smallest absolute Gasteiger partial charge is 0.142 e. The fourth-order valence-corrected chi connectivity index (χ4v) is 1.11. The van der Waals surface area contributed by atoms with Crippen LogP contribution in [0, 0.1) is 11.8 Å². The Morgan fingerprint density at radius 1 is 1.60 bits per heavy atom. The van der Waals surface area contributed by atoms with Crippen LogP contribution in [0.1, 0.15) is 25.3 Å². The molecule has 0 aromatic carbocycles. The zero-order valence-electron chi connectivity index (χ0n) is 8.63. The van der Waals surface area contributed by atoms with Gasteiger partial charge in [-0.05, 0) is 12.5 Å². The van der Waals surface area contributed by atoms with Gasteiger partial charge in [0.1, 0.15) is 5.82 Å². The van der Waals surface area contributed by atoms with Crippen LogP contribution in [0.2, 0.25) is 5.02 Å². The van der Waals surface area contributed by atoms with Crippen molar-refractivity contribution in [1.82, 2.24) is 4.98 Å². The Labute approximate surface area is 94.8 Å². The van der Waals surface area contributed by atoms with Crippen LogP contribution in [0.3, 0.4) is 0 Å². The van der Waals surface area contributed by atoms with Gasteiger partial charge in [-0.2, -0.15) is 0 Å². The third-order valence-corrected chi connectivity index (χ3v) is 2.29. The minimum atomic E-state index is 0.134. The zero-order valence-corrected chi connectivity index (χ0v) is 9.38. The highest BCUT2D eigenvalue weighted by Crippen LogP contribution is 2.15. The molecule has 0 spiro atoms. The third kappa shape index (κ3) is 3.78. The SMILES string of the molecule is CC[C@H](N)CC#Cc1cnc(N)c(Cl)c1. The van der Waals surface area contributed by atoms with Gasteiger partial charge in [0, 0.05) is 24.2 Å². The van der Waals surface area contributed by atoms with E-state index >= 15 is 0 Å². The number of hydrogen-bond acceptors (Lipinski definition) is 3. The van der Waals surface area contributed by atoms with E-state index in [0.717, 1.165) is 12.0 Å². The fraction of sp³-hybridized carbons (Fsp3) is 0.364. The molecule has 15 heavy (non-hydrogen) atoms. The number of halogens is 1. The summed E-state index contributed by atoms with van der Waals surface area (Å²) in [6, 6.07) is 1.84. The summed E-state index contributed by atoms with van der Waals surface area (Å²) in [4.78, 5) is 3.91. The first-order chi connectivity index (χ1) is 7.13. The second-order valence-electron chi connectivity index (χ2n) is 3.27. The first-order valence-electron chi connectivity index (χ1n) is 4.79. The molecule has 1 atom stereocenters. The Bertz CT molecular complexity index is 393. The van der Waals surface area contributed by atoms with Crippen molar-refractivity contribution >= 4 is 17.4 Å². The van der Waals surface area contributed by atoms with Gasteiger partial charge < -0.3 is 11.5 Å². The molecule has 3 nitrogen and oxygen atoms in total. The second-order valence-corrected chi connectivity index (χ2v) is 3.67. The van der Waals surface area contributed by atoms with Crippen molar-refractivity contribution in [1.29, 1.82) is 0 Å². The Morgan fingerprint density at radius 3 is 2.93 bits per heavy atom. The van der Waals surface area contributed by atoms with Crippen LogP contribution in [0.15, 0.2) is 12.3 Å². The van der Waals surface area contributed by atoms with Crippen LogP contribution in [0.25, 0.3) is 0 Å². The minimum absolute atomic E-state index is 0.134. The van der Waals surface area contributed by atoms with Crippen molar-refractivity contribution in [3.63, 3.8) is 0 Å². The van der Waals surface area contributed by atoms with E-state index in [1.54, 1.807) is 12.3 Å². The van der Waals surface area contributed by atoms with Gasteiger partial charge >= 0.3 is 0 Å². The van der Waals surface area contributed by atoms with Gasteiger partial charge in [0.2, 0.25) is 0 Å². The average molecular weight is 224 g/mol. The van der Waals surface area contributed by atoms with E-state index in [2.05, 4.69) is 16.8 Å². The van der Waals surface area contributed by atoms with Crippen molar-refractivity contribution in [2.75, 3.05) is 5.73 Å². The van der Waals surface area contributed by atoms with E-state index in [4.69, 9.17) is 23.1 Å². The van der Waals surface area contributed by atoms with Crippen molar-refractivity contribution in [2.45, 2.75) is 25.8 Å². The summed E-state index contributed by atoms with van der Waals surface area (Å²) in [5.41, 5.74) is 12.0. The maximum atomic E-state index is 5.80. The molecule has 4 N–H and O–H groups in total. The maximum Gasteiger partial charge on any atom is 0.142 e. The molecular weight excluding hydrogens is 210 g/mol. The lowest BCUT2D eigenvalue weighted by Gasteiger charge is -2.00. The molecule has 1 rings (SSSR count). The summed E-state index contributed by atoms with van der Waals surface area (Å²) in [5.74, 6) is 6.26. The lowest BCUT2D eigenvalue weighted by molar-refractivity contribution is 0.669. The van der Waals surface area contributed by atoms with Crippen LogP contribution < -0.4 is 11.5 Å². The normalized spacial score (nSPS) is 11.7. The Kier molecular flexibility index (Phi) is 4.41. The molecule has 0 unspecified atom stereocenters. The van der Waals surface area contributed by atoms with E-state index in [1.165, 1.54) is 0 Å². The number of nitrogen functional groups attached to an aromatic ring is 1. The number of aromatic nitrogens is 1. The standard InChI is InChI=1S/C11H14ClN3/c1-2-9(13)5-3-4-8-6-10(12)11(14)15-7-8/h6-7,9H,2,5,13H2,1H3,(H2,14,15)/t9-/m0/s1. The molecule has 0 bridgehead atoms. The number of rotatable bonds is 2. The number of nitrogens with two attached hydrogens (primary N) is 2. The first kappa shape index (κ1) is 11.8. The van der Waals surface area contributed by atoms with E-state index in [9.17, 15) is 0 Å². The number of nitrogens with zero attached hydrogens (tertiary/aromatic N) is 1. The Hall–Kier alpha value is -1.24. The van der Waals surface area contributed by atoms with E-state index in [1.807, 2.05) is 6.92 Å². The van der Waals surface area contributed by atoms with Gasteiger partial charge in [-0.3, -0.25) is 0 Å². The summed E-state index contributed by atoms with van der Waals surface area (Å²) in [7, 11) is 0. The topological polar surface area (TPSA) is 64.9 Å². The molecule has 1 aromatic rings. The Balaban J connectivity index is 2.68. The largest absolute Gasteiger partial charge is 0.382 e. The summed E-state index contributed by atoms with van der Waals surface area (Å²) in [6.45, 7) is 2.04. The summed E-state index contributed by atoms with van der Waals surface area (Å²) in [6.07, 6.45) is 3.21. The second kappa shape index (κ2) is 5.59. The van der Waals surface area contributed by atoms with Gasteiger partial charge in [-0.15, -0.1) is 0 Å². The lowest BCUT2D eigenvalue weighted by atomic mass is 10.1. The molecule has 0 aliphatic heterocycles. The van der Waals surface area contributed by atoms with Crippen LogP contribution in [0.4, 0.5) is 5.82 Å². The molecule has 1 heterocycles. The molecule has 0 aliphatic rings. The summed E-state index contributed by atoms with van der Waals surface area (Å²) in [5, 5.41) is 0.432. The van der Waals surface area contributed by atoms with Crippen molar-refractivity contribution in [2.24, 2.45) is 5.73 Å². The molecule has 0 radical (unpaired) electrons. The first-order valence-corrected chi connectivity index (χ1v) is 5.16. The quantitative estimate of drug-likeness (QED) is 0.752. The molecule has 0 aliphatic carbocycles. The molecule has 0 fully saturated rings. The zero-order chi connectivity index (χ0) is 11.3. The lowest BCUT2D eigenvalue weighted by Crippen LogP contribution is -2.17. The fourth-order valence-electron chi connectivity index (χ4n) is 0.945. The predicted octanol–water partition coefficient (Wildman–Crippen LogP) is 1.80. The monoisotopic (exact) mass is 223 g/mol. The summed E-state index contributed by atoms with van der Waals surface area (Å²) >= 11 is 5.80. The number of hydrogen-bond donors (Lipinski definition) is 2. The molecule has 0 saturated heterocycles. The summed E-state index contributed by atoms with van der Waals surface area (Å²) < 4.78 is 0. The van der Waals surface area contributed by atoms with Gasteiger partial charge in [0.05, 0.1) is 5.02 Å². The van der Waals surface area contributed by atoms with E-state index in [-0.39, 0.29) is 6.04 Å². The average Bonchev–Trinajstić information content (AvgIpc) is 2.23. The van der Waals surface area contributed by atoms with Crippen molar-refractivity contribution in [3.8, 4) is 11.8 Å². The van der Waals surface area contributed by atoms with Gasteiger partial charge in [0.25, 0.3) is 0 Å².